The monoisotopic (exact) mass is 1310 g/mol. The van der Waals surface area contributed by atoms with Gasteiger partial charge in [-0.05, 0) is 43.4 Å². The first-order valence-corrected chi connectivity index (χ1v) is 39.4. The van der Waals surface area contributed by atoms with E-state index in [2.05, 4.69) is 48.5 Å². The molecule has 89 heavy (non-hydrogen) atoms. The molecule has 0 spiro atoms. The van der Waals surface area contributed by atoms with Gasteiger partial charge in [-0.2, -0.15) is 0 Å². The summed E-state index contributed by atoms with van der Waals surface area (Å²) in [5, 5.41) is 10.6. The second-order valence-electron chi connectivity index (χ2n) is 26.5. The molecule has 17 nitrogen and oxygen atoms in total. The van der Waals surface area contributed by atoms with Crippen LogP contribution in [-0.4, -0.2) is 96.7 Å². The van der Waals surface area contributed by atoms with Crippen LogP contribution in [0.5, 0.6) is 0 Å². The molecule has 528 valence electrons. The third-order valence-corrected chi connectivity index (χ3v) is 18.4. The molecule has 0 aliphatic rings. The first-order valence-electron chi connectivity index (χ1n) is 36.4. The van der Waals surface area contributed by atoms with E-state index >= 15 is 0 Å². The third kappa shape index (κ3) is 63.2. The Morgan fingerprint density at radius 3 is 0.854 bits per heavy atom. The van der Waals surface area contributed by atoms with Crippen LogP contribution >= 0.6 is 15.6 Å². The van der Waals surface area contributed by atoms with Gasteiger partial charge in [0.05, 0.1) is 26.4 Å². The number of esters is 4. The third-order valence-electron chi connectivity index (χ3n) is 16.5. The molecule has 0 aliphatic heterocycles. The molecule has 0 rings (SSSR count). The average Bonchev–Trinajstić information content (AvgIpc) is 3.66. The van der Waals surface area contributed by atoms with Crippen molar-refractivity contribution in [3.05, 3.63) is 0 Å². The minimum absolute atomic E-state index is 0.102. The van der Waals surface area contributed by atoms with Crippen LogP contribution in [0.2, 0.25) is 0 Å². The molecule has 3 unspecified atom stereocenters. The van der Waals surface area contributed by atoms with Gasteiger partial charge >= 0.3 is 39.5 Å². The van der Waals surface area contributed by atoms with Crippen molar-refractivity contribution in [3.8, 4) is 0 Å². The number of hydrogen-bond donors (Lipinski definition) is 3. The summed E-state index contributed by atoms with van der Waals surface area (Å²) in [5.41, 5.74) is 0. The van der Waals surface area contributed by atoms with Crippen molar-refractivity contribution in [2.75, 3.05) is 39.6 Å². The van der Waals surface area contributed by atoms with Crippen molar-refractivity contribution in [3.63, 3.8) is 0 Å². The zero-order valence-corrected chi connectivity index (χ0v) is 59.7. The molecule has 3 N–H and O–H groups in total. The molecule has 0 aromatic rings. The summed E-state index contributed by atoms with van der Waals surface area (Å²) in [6.07, 6.45) is 44.7. The van der Waals surface area contributed by atoms with Gasteiger partial charge in [0.2, 0.25) is 0 Å². The van der Waals surface area contributed by atoms with Gasteiger partial charge in [-0.1, -0.05) is 299 Å². The Balaban J connectivity index is 5.18. The Morgan fingerprint density at radius 2 is 0.573 bits per heavy atom. The number of carbonyl (C=O) groups excluding carboxylic acids is 4. The normalized spacial score (nSPS) is 14.5. The molecule has 0 radical (unpaired) electrons. The van der Waals surface area contributed by atoms with E-state index < -0.39 is 97.5 Å². The Labute approximate surface area is 543 Å². The van der Waals surface area contributed by atoms with E-state index in [1.165, 1.54) is 148 Å². The lowest BCUT2D eigenvalue weighted by Crippen LogP contribution is -2.30. The number of aliphatic hydroxyl groups excluding tert-OH is 1. The molecule has 6 atom stereocenters. The molecule has 0 amide bonds. The maximum atomic E-state index is 13.0. The maximum Gasteiger partial charge on any atom is 0.472 e. The van der Waals surface area contributed by atoms with Gasteiger partial charge in [-0.25, -0.2) is 9.13 Å². The highest BCUT2D eigenvalue weighted by molar-refractivity contribution is 7.47. The maximum absolute atomic E-state index is 13.0. The lowest BCUT2D eigenvalue weighted by Gasteiger charge is -2.21. The fourth-order valence-corrected chi connectivity index (χ4v) is 12.1. The molecule has 0 aliphatic carbocycles. The number of hydrogen-bond acceptors (Lipinski definition) is 15. The molecule has 0 heterocycles. The van der Waals surface area contributed by atoms with Gasteiger partial charge in [-0.15, -0.1) is 0 Å². The largest absolute Gasteiger partial charge is 0.472 e. The highest BCUT2D eigenvalue weighted by Crippen LogP contribution is 2.45. The number of phosphoric acid groups is 2. The Bertz CT molecular complexity index is 1750. The van der Waals surface area contributed by atoms with E-state index in [1.807, 2.05) is 0 Å². The number of ether oxygens (including phenoxy) is 4. The summed E-state index contributed by atoms with van der Waals surface area (Å²) >= 11 is 0. The Hall–Kier alpha value is -1.94. The molecule has 0 aromatic heterocycles. The van der Waals surface area contributed by atoms with Crippen molar-refractivity contribution < 1.29 is 80.2 Å². The van der Waals surface area contributed by atoms with Gasteiger partial charge < -0.3 is 33.8 Å². The lowest BCUT2D eigenvalue weighted by molar-refractivity contribution is -0.161. The number of unbranched alkanes of at least 4 members (excludes halogenated alkanes) is 35. The summed E-state index contributed by atoms with van der Waals surface area (Å²) in [6.45, 7) is 11.8. The van der Waals surface area contributed by atoms with Gasteiger partial charge in [0.15, 0.2) is 12.2 Å². The van der Waals surface area contributed by atoms with Crippen molar-refractivity contribution >= 4 is 39.5 Å². The summed E-state index contributed by atoms with van der Waals surface area (Å²) in [6, 6.07) is 0. The highest BCUT2D eigenvalue weighted by Gasteiger charge is 2.30. The van der Waals surface area contributed by atoms with Crippen LogP contribution in [0.1, 0.15) is 350 Å². The molecule has 0 fully saturated rings. The van der Waals surface area contributed by atoms with E-state index in [-0.39, 0.29) is 25.7 Å². The van der Waals surface area contributed by atoms with Gasteiger partial charge in [0, 0.05) is 25.7 Å². The lowest BCUT2D eigenvalue weighted by atomic mass is 9.99. The van der Waals surface area contributed by atoms with Crippen LogP contribution in [-0.2, 0) is 65.4 Å². The van der Waals surface area contributed by atoms with Gasteiger partial charge in [-0.3, -0.25) is 37.3 Å². The SMILES string of the molecule is CCCCCCCCCC(=O)OC[C@H](COP(=O)(O)OC[C@H](O)COP(=O)(O)OC[C@@H](COC(=O)CCCCCCCCCCCCC(C)CC)OC(=O)CCCCCCCCCCCCCCCCCCC(C)C)OC(=O)CCCCCCCCC(C)C. The second-order valence-corrected chi connectivity index (χ2v) is 29.4. The van der Waals surface area contributed by atoms with Crippen molar-refractivity contribution in [1.29, 1.82) is 0 Å². The van der Waals surface area contributed by atoms with E-state index in [1.54, 1.807) is 0 Å². The van der Waals surface area contributed by atoms with Crippen molar-refractivity contribution in [2.45, 2.75) is 369 Å². The van der Waals surface area contributed by atoms with Crippen LogP contribution in [0, 0.1) is 17.8 Å². The fourth-order valence-electron chi connectivity index (χ4n) is 10.5. The average molecular weight is 1310 g/mol. The molecule has 0 saturated heterocycles. The second kappa shape index (κ2) is 61.0. The van der Waals surface area contributed by atoms with Crippen LogP contribution in [0.4, 0.5) is 0 Å². The molecular formula is C70H136O17P2. The fraction of sp³-hybridized carbons (Fsp3) is 0.943. The summed E-state index contributed by atoms with van der Waals surface area (Å²) in [5.74, 6) is 0.153. The zero-order valence-electron chi connectivity index (χ0n) is 57.9. The minimum atomic E-state index is -4.95. The number of carbonyl (C=O) groups is 4. The van der Waals surface area contributed by atoms with E-state index in [4.69, 9.17) is 37.0 Å². The predicted molar refractivity (Wildman–Crippen MR) is 358 cm³/mol. The van der Waals surface area contributed by atoms with Crippen molar-refractivity contribution in [2.24, 2.45) is 17.8 Å². The topological polar surface area (TPSA) is 237 Å². The molecule has 0 aromatic carbocycles. The quantitative estimate of drug-likeness (QED) is 0.0222. The van der Waals surface area contributed by atoms with Crippen molar-refractivity contribution in [1.82, 2.24) is 0 Å². The van der Waals surface area contributed by atoms with Crippen LogP contribution < -0.4 is 0 Å². The number of phosphoric ester groups is 2. The minimum Gasteiger partial charge on any atom is -0.462 e. The Morgan fingerprint density at radius 1 is 0.326 bits per heavy atom. The first-order chi connectivity index (χ1) is 42.8. The summed E-state index contributed by atoms with van der Waals surface area (Å²) < 4.78 is 68.1. The molecule has 19 heteroatoms. The number of aliphatic hydroxyl groups is 1. The smallest absolute Gasteiger partial charge is 0.462 e. The van der Waals surface area contributed by atoms with Crippen LogP contribution in [0.3, 0.4) is 0 Å². The van der Waals surface area contributed by atoms with Gasteiger partial charge in [0.1, 0.15) is 19.3 Å². The number of rotatable bonds is 68. The molecule has 0 saturated carbocycles. The molecular weight excluding hydrogens is 1170 g/mol. The standard InChI is InChI=1S/C70H136O17P2/c1-8-10-11-12-27-37-44-51-67(72)80-57-66(87-70(75)54-47-40-33-32-35-42-49-62(5)6)60-85-89(78,79)83-56-64(71)55-82-88(76,77)84-59-65(58-81-68(73)52-45-38-30-25-22-21-24-29-36-43-50-63(7)9-2)86-69(74)53-46-39-31-26-20-18-16-14-13-15-17-19-23-28-34-41-48-61(3)4/h61-66,71H,8-60H2,1-7H3,(H,76,77)(H,78,79)/t63?,64-,65-,66-/m1/s1. The van der Waals surface area contributed by atoms with Gasteiger partial charge in [0.25, 0.3) is 0 Å². The van der Waals surface area contributed by atoms with Crippen LogP contribution in [0.25, 0.3) is 0 Å². The Kier molecular flexibility index (Phi) is 59.6. The highest BCUT2D eigenvalue weighted by atomic mass is 31.2. The van der Waals surface area contributed by atoms with E-state index in [0.29, 0.717) is 31.6 Å². The van der Waals surface area contributed by atoms with Crippen LogP contribution in [0.15, 0.2) is 0 Å². The first kappa shape index (κ1) is 87.1. The van der Waals surface area contributed by atoms with E-state index in [9.17, 15) is 43.2 Å². The van der Waals surface area contributed by atoms with E-state index in [0.717, 1.165) is 115 Å². The summed E-state index contributed by atoms with van der Waals surface area (Å²) in [4.78, 5) is 72.3. The summed E-state index contributed by atoms with van der Waals surface area (Å²) in [7, 11) is -9.89. The molecule has 0 bridgehead atoms. The predicted octanol–water partition coefficient (Wildman–Crippen LogP) is 19.8. The zero-order chi connectivity index (χ0) is 65.9.